The zero-order valence-corrected chi connectivity index (χ0v) is 14.6. The smallest absolute Gasteiger partial charge is 0.344 e. The van der Waals surface area contributed by atoms with Crippen molar-refractivity contribution < 1.29 is 23.8 Å². The van der Waals surface area contributed by atoms with Gasteiger partial charge in [0.25, 0.3) is 0 Å². The van der Waals surface area contributed by atoms with Crippen molar-refractivity contribution in [2.45, 2.75) is 0 Å². The molecule has 0 N–H and O–H groups in total. The largest absolute Gasteiger partial charge is 0.497 e. The highest BCUT2D eigenvalue weighted by molar-refractivity contribution is 14.1. The fourth-order valence-electron chi connectivity index (χ4n) is 1.92. The Hall–Kier alpha value is -2.09. The number of carbonyl (C=O) groups is 2. The van der Waals surface area contributed by atoms with Crippen molar-refractivity contribution in [2.24, 2.45) is 0 Å². The number of rotatable bonds is 7. The van der Waals surface area contributed by atoms with Crippen molar-refractivity contribution in [3.05, 3.63) is 59.7 Å². The molecule has 23 heavy (non-hydrogen) atoms. The average Bonchev–Trinajstić information content (AvgIpc) is 2.60. The van der Waals surface area contributed by atoms with Crippen LogP contribution < -0.4 is 9.47 Å². The molecule has 0 bridgehead atoms. The molecule has 0 fully saturated rings. The summed E-state index contributed by atoms with van der Waals surface area (Å²) < 4.78 is 15.7. The van der Waals surface area contributed by atoms with Crippen LogP contribution in [-0.2, 0) is 9.53 Å². The molecular weight excluding hydrogens is 411 g/mol. The summed E-state index contributed by atoms with van der Waals surface area (Å²) in [6.45, 7) is -0.273. The first-order valence-corrected chi connectivity index (χ1v) is 8.30. The number of ketones is 1. The summed E-state index contributed by atoms with van der Waals surface area (Å²) in [5.41, 5.74) is 0.900. The Morgan fingerprint density at radius 1 is 1.09 bits per heavy atom. The topological polar surface area (TPSA) is 61.8 Å². The van der Waals surface area contributed by atoms with Crippen molar-refractivity contribution in [3.63, 3.8) is 0 Å². The summed E-state index contributed by atoms with van der Waals surface area (Å²) in [5.74, 6) is 0.126. The van der Waals surface area contributed by atoms with Crippen LogP contribution in [0.4, 0.5) is 0 Å². The van der Waals surface area contributed by atoms with Gasteiger partial charge in [-0.2, -0.15) is 0 Å². The molecule has 0 unspecified atom stereocenters. The maximum absolute atomic E-state index is 12.6. The molecule has 0 aliphatic carbocycles. The highest BCUT2D eigenvalue weighted by atomic mass is 127. The number of halogens is 1. The Labute approximate surface area is 147 Å². The Morgan fingerprint density at radius 2 is 1.83 bits per heavy atom. The second kappa shape index (κ2) is 8.52. The SMILES string of the molecule is COc1ccc(C(=O)c2ccccc2)c(OCC(=O)OCI)c1. The molecule has 2 aromatic rings. The van der Waals surface area contributed by atoms with Crippen molar-refractivity contribution in [1.29, 1.82) is 0 Å². The maximum atomic E-state index is 12.6. The van der Waals surface area contributed by atoms with E-state index < -0.39 is 5.97 Å². The van der Waals surface area contributed by atoms with Gasteiger partial charge >= 0.3 is 5.97 Å². The van der Waals surface area contributed by atoms with Gasteiger partial charge < -0.3 is 14.2 Å². The van der Waals surface area contributed by atoms with Crippen molar-refractivity contribution in [3.8, 4) is 11.5 Å². The molecule has 2 rings (SSSR count). The first kappa shape index (κ1) is 17.3. The van der Waals surface area contributed by atoms with E-state index in [1.54, 1.807) is 42.5 Å². The monoisotopic (exact) mass is 426 g/mol. The zero-order chi connectivity index (χ0) is 16.7. The highest BCUT2D eigenvalue weighted by Gasteiger charge is 2.16. The van der Waals surface area contributed by atoms with E-state index in [0.29, 0.717) is 16.9 Å². The molecule has 6 heteroatoms. The van der Waals surface area contributed by atoms with Crippen LogP contribution in [-0.4, -0.2) is 30.1 Å². The number of alkyl halides is 1. The third-order valence-corrected chi connectivity index (χ3v) is 3.34. The maximum Gasteiger partial charge on any atom is 0.344 e. The van der Waals surface area contributed by atoms with Crippen LogP contribution >= 0.6 is 22.6 Å². The van der Waals surface area contributed by atoms with E-state index in [1.165, 1.54) is 7.11 Å². The molecule has 0 aliphatic heterocycles. The predicted molar refractivity (Wildman–Crippen MR) is 93.3 cm³/mol. The van der Waals surface area contributed by atoms with Crippen LogP contribution in [0.1, 0.15) is 15.9 Å². The van der Waals surface area contributed by atoms with Crippen molar-refractivity contribution in [2.75, 3.05) is 18.3 Å². The molecule has 5 nitrogen and oxygen atoms in total. The van der Waals surface area contributed by atoms with Gasteiger partial charge in [-0.15, -0.1) is 0 Å². The number of benzene rings is 2. The molecule has 0 spiro atoms. The minimum atomic E-state index is -0.500. The molecule has 0 aliphatic rings. The van der Waals surface area contributed by atoms with Gasteiger partial charge in [-0.25, -0.2) is 4.79 Å². The van der Waals surface area contributed by atoms with Gasteiger partial charge in [0.2, 0.25) is 0 Å². The molecule has 0 saturated heterocycles. The van der Waals surface area contributed by atoms with Crippen LogP contribution in [0.5, 0.6) is 11.5 Å². The lowest BCUT2D eigenvalue weighted by molar-refractivity contribution is -0.143. The number of ether oxygens (including phenoxy) is 3. The van der Waals surface area contributed by atoms with Crippen LogP contribution in [0, 0.1) is 0 Å². The van der Waals surface area contributed by atoms with E-state index in [9.17, 15) is 9.59 Å². The summed E-state index contributed by atoms with van der Waals surface area (Å²) in [5, 5.41) is 0. The van der Waals surface area contributed by atoms with E-state index >= 15 is 0 Å². The van der Waals surface area contributed by atoms with Gasteiger partial charge in [0.15, 0.2) is 12.4 Å². The summed E-state index contributed by atoms with van der Waals surface area (Å²) in [6, 6.07) is 13.7. The molecule has 0 saturated carbocycles. The summed E-state index contributed by atoms with van der Waals surface area (Å²) in [4.78, 5) is 24.1. The van der Waals surface area contributed by atoms with E-state index in [0.717, 1.165) is 0 Å². The Kier molecular flexibility index (Phi) is 6.40. The molecule has 120 valence electrons. The van der Waals surface area contributed by atoms with E-state index in [4.69, 9.17) is 14.2 Å². The lowest BCUT2D eigenvalue weighted by Gasteiger charge is -2.12. The van der Waals surface area contributed by atoms with Crippen molar-refractivity contribution >= 4 is 34.3 Å². The summed E-state index contributed by atoms with van der Waals surface area (Å²) in [6.07, 6.45) is 0. The quantitative estimate of drug-likeness (QED) is 0.295. The van der Waals surface area contributed by atoms with Gasteiger partial charge in [0, 0.05) is 11.6 Å². The number of esters is 1. The number of hydrogen-bond donors (Lipinski definition) is 0. The van der Waals surface area contributed by atoms with Crippen LogP contribution in [0.15, 0.2) is 48.5 Å². The second-order valence-electron chi connectivity index (χ2n) is 4.47. The van der Waals surface area contributed by atoms with Gasteiger partial charge in [-0.05, 0) is 34.7 Å². The van der Waals surface area contributed by atoms with Gasteiger partial charge in [-0.3, -0.25) is 4.79 Å². The molecule has 2 aromatic carbocycles. The fourth-order valence-corrected chi connectivity index (χ4v) is 2.27. The third-order valence-electron chi connectivity index (χ3n) is 3.03. The Bertz CT molecular complexity index is 685. The first-order chi connectivity index (χ1) is 11.2. The van der Waals surface area contributed by atoms with Gasteiger partial charge in [0.05, 0.1) is 12.7 Å². The fraction of sp³-hybridized carbons (Fsp3) is 0.176. The van der Waals surface area contributed by atoms with E-state index in [2.05, 4.69) is 0 Å². The number of hydrogen-bond acceptors (Lipinski definition) is 5. The third kappa shape index (κ3) is 4.69. The first-order valence-electron chi connectivity index (χ1n) is 6.78. The summed E-state index contributed by atoms with van der Waals surface area (Å²) in [7, 11) is 1.52. The molecule has 0 atom stereocenters. The molecule has 0 heterocycles. The molecular formula is C17H15IO5. The van der Waals surface area contributed by atoms with Crippen molar-refractivity contribution in [1.82, 2.24) is 0 Å². The standard InChI is InChI=1S/C17H15IO5/c1-21-13-7-8-14(17(20)12-5-3-2-4-6-12)15(9-13)22-10-16(19)23-11-18/h2-9H,10-11H2,1H3. The van der Waals surface area contributed by atoms with E-state index in [1.807, 2.05) is 28.7 Å². The average molecular weight is 426 g/mol. The van der Waals surface area contributed by atoms with Crippen LogP contribution in [0.2, 0.25) is 0 Å². The van der Waals surface area contributed by atoms with E-state index in [-0.39, 0.29) is 22.8 Å². The summed E-state index contributed by atoms with van der Waals surface area (Å²) >= 11 is 1.92. The number of methoxy groups -OCH3 is 1. The number of carbonyl (C=O) groups excluding carboxylic acids is 2. The predicted octanol–water partition coefficient (Wildman–Crippen LogP) is 3.24. The minimum absolute atomic E-state index is 0.189. The lowest BCUT2D eigenvalue weighted by atomic mass is 10.0. The Morgan fingerprint density at radius 3 is 2.48 bits per heavy atom. The minimum Gasteiger partial charge on any atom is -0.497 e. The zero-order valence-electron chi connectivity index (χ0n) is 12.5. The van der Waals surface area contributed by atoms with Crippen LogP contribution in [0.3, 0.4) is 0 Å². The Balaban J connectivity index is 2.27. The van der Waals surface area contributed by atoms with Gasteiger partial charge in [0.1, 0.15) is 16.1 Å². The van der Waals surface area contributed by atoms with Crippen LogP contribution in [0.25, 0.3) is 0 Å². The second-order valence-corrected chi connectivity index (χ2v) is 5.09. The molecule has 0 amide bonds. The molecule has 0 radical (unpaired) electrons. The van der Waals surface area contributed by atoms with Gasteiger partial charge in [-0.1, -0.05) is 30.3 Å². The molecule has 0 aromatic heterocycles. The normalized spacial score (nSPS) is 10.0. The highest BCUT2D eigenvalue weighted by Crippen LogP contribution is 2.27. The lowest BCUT2D eigenvalue weighted by Crippen LogP contribution is -2.15.